The van der Waals surface area contributed by atoms with E-state index >= 15 is 0 Å². The summed E-state index contributed by atoms with van der Waals surface area (Å²) in [5.41, 5.74) is -5.71. The van der Waals surface area contributed by atoms with Crippen LogP contribution in [0, 0.1) is 28.1 Å². The Bertz CT molecular complexity index is 1560. The van der Waals surface area contributed by atoms with E-state index < -0.39 is 112 Å². The number of fused-ring (bicyclic) bond motifs is 3. The summed E-state index contributed by atoms with van der Waals surface area (Å²) in [6, 6.07) is -1.08. The van der Waals surface area contributed by atoms with Gasteiger partial charge in [0.25, 0.3) is 0 Å². The lowest BCUT2D eigenvalue weighted by Gasteiger charge is -2.68. The van der Waals surface area contributed by atoms with E-state index in [0.717, 1.165) is 0 Å². The summed E-state index contributed by atoms with van der Waals surface area (Å²) < 4.78 is 42.5. The first kappa shape index (κ1) is 43.1. The molecule has 5 rings (SSSR count). The number of hydrogen-bond acceptors (Lipinski definition) is 14. The number of ether oxygens (including phenoxy) is 7. The van der Waals surface area contributed by atoms with Crippen LogP contribution in [0.5, 0.6) is 0 Å². The van der Waals surface area contributed by atoms with Crippen molar-refractivity contribution in [2.75, 3.05) is 13.2 Å². The third-order valence-corrected chi connectivity index (χ3v) is 12.5. The number of nitrogens with one attached hydrogen (secondary N) is 1. The van der Waals surface area contributed by atoms with Crippen molar-refractivity contribution in [1.29, 1.82) is 0 Å². The van der Waals surface area contributed by atoms with E-state index in [1.165, 1.54) is 33.8 Å². The van der Waals surface area contributed by atoms with Crippen molar-refractivity contribution < 1.29 is 67.7 Å². The predicted molar refractivity (Wildman–Crippen MR) is 195 cm³/mol. The van der Waals surface area contributed by atoms with Crippen molar-refractivity contribution in [1.82, 2.24) is 5.32 Å². The van der Waals surface area contributed by atoms with Gasteiger partial charge in [-0.15, -0.1) is 0 Å². The molecular formula is C40H61NO14. The molecule has 3 aliphatic carbocycles. The molecule has 5 aliphatic rings. The lowest BCUT2D eigenvalue weighted by atomic mass is 9.45. The molecule has 0 radical (unpaired) electrons. The van der Waals surface area contributed by atoms with Crippen LogP contribution in [0.4, 0.5) is 4.79 Å². The third-order valence-electron chi connectivity index (χ3n) is 12.5. The molecule has 310 valence electrons. The van der Waals surface area contributed by atoms with Crippen molar-refractivity contribution in [2.24, 2.45) is 28.1 Å². The van der Waals surface area contributed by atoms with Gasteiger partial charge in [0, 0.05) is 38.0 Å². The van der Waals surface area contributed by atoms with Crippen LogP contribution in [-0.4, -0.2) is 119 Å². The smallest absolute Gasteiger partial charge is 0.407 e. The van der Waals surface area contributed by atoms with Gasteiger partial charge < -0.3 is 53.8 Å². The number of aliphatic hydroxyl groups excluding tert-OH is 2. The Morgan fingerprint density at radius 1 is 1.05 bits per heavy atom. The number of alkyl carbamates (subject to hydrolysis) is 1. The summed E-state index contributed by atoms with van der Waals surface area (Å²) in [5, 5.41) is 39.7. The van der Waals surface area contributed by atoms with Gasteiger partial charge >= 0.3 is 24.0 Å². The minimum Gasteiger partial charge on any atom is -0.465 e. The summed E-state index contributed by atoms with van der Waals surface area (Å²) in [6.45, 7) is 21.9. The molecule has 13 atom stereocenters. The SMILES string of the molecule is C=C[C@H]1OC2C[C@H]3OCC3(COC(C)=O)[C@H]3[C@H](O)C4(C(C)(C)O)C[C@H](OC(=O)[C@H](O)C(CC(C)C)NC(=O)OC(C)(C)C)C(C)=C4[C@H](OC(C)=O)[C@H](O1)C23C. The van der Waals surface area contributed by atoms with Crippen molar-refractivity contribution in [3.05, 3.63) is 23.8 Å². The molecule has 4 fully saturated rings. The summed E-state index contributed by atoms with van der Waals surface area (Å²) in [6.07, 6.45) is -7.74. The average molecular weight is 780 g/mol. The van der Waals surface area contributed by atoms with Gasteiger partial charge in [-0.1, -0.05) is 27.4 Å². The lowest BCUT2D eigenvalue weighted by molar-refractivity contribution is -0.384. The third kappa shape index (κ3) is 7.45. The Morgan fingerprint density at radius 3 is 2.22 bits per heavy atom. The zero-order valence-electron chi connectivity index (χ0n) is 34.0. The van der Waals surface area contributed by atoms with Crippen LogP contribution in [-0.2, 0) is 47.5 Å². The van der Waals surface area contributed by atoms with Crippen LogP contribution >= 0.6 is 0 Å². The van der Waals surface area contributed by atoms with Crippen LogP contribution in [0.3, 0.4) is 0 Å². The molecule has 2 aliphatic heterocycles. The Morgan fingerprint density at radius 2 is 1.71 bits per heavy atom. The quantitative estimate of drug-likeness (QED) is 0.135. The minimum atomic E-state index is -1.82. The minimum absolute atomic E-state index is 0.0476. The van der Waals surface area contributed by atoms with Gasteiger partial charge in [0.2, 0.25) is 0 Å². The fraction of sp³-hybridized carbons (Fsp3) is 0.800. The van der Waals surface area contributed by atoms with Crippen LogP contribution in [0.25, 0.3) is 0 Å². The molecule has 2 heterocycles. The van der Waals surface area contributed by atoms with Gasteiger partial charge in [-0.05, 0) is 71.1 Å². The van der Waals surface area contributed by atoms with Crippen molar-refractivity contribution in [2.45, 2.75) is 162 Å². The molecule has 2 saturated carbocycles. The Labute approximate surface area is 323 Å². The second-order valence-electron chi connectivity index (χ2n) is 18.2. The number of aliphatic hydroxyl groups is 3. The standard InChI is InChI=1S/C40H61NO14/c1-13-27-53-25-15-26-39(18-50-26,17-49-21(5)42)31-32(45)40(37(10,11)48)16-24(20(4)28(40)30(51-22(6)43)33(54-27)38(25,31)12)52-34(46)29(44)23(14-19(2)3)41-35(47)55-36(7,8)9/h13,19,23-27,29-33,44-45,48H,1,14-18H2,2-12H3,(H,41,47)/t23?,24-,25?,26+,27-,29+,30-,31-,32-,33-,38?,39?,40?/m0/s1. The molecule has 0 bridgehead atoms. The van der Waals surface area contributed by atoms with E-state index in [-0.39, 0.29) is 32.0 Å². The molecule has 55 heavy (non-hydrogen) atoms. The van der Waals surface area contributed by atoms with Crippen LogP contribution < -0.4 is 5.32 Å². The summed E-state index contributed by atoms with van der Waals surface area (Å²) in [7, 11) is 0. The Hall–Kier alpha value is -3.08. The number of carbonyl (C=O) groups excluding carboxylic acids is 4. The van der Waals surface area contributed by atoms with Gasteiger partial charge in [0.05, 0.1) is 47.4 Å². The van der Waals surface area contributed by atoms with E-state index in [1.54, 1.807) is 27.7 Å². The van der Waals surface area contributed by atoms with Gasteiger partial charge in [0.15, 0.2) is 18.5 Å². The molecule has 0 aromatic heterocycles. The maximum absolute atomic E-state index is 13.9. The monoisotopic (exact) mass is 779 g/mol. The van der Waals surface area contributed by atoms with E-state index in [4.69, 9.17) is 33.2 Å². The fourth-order valence-electron chi connectivity index (χ4n) is 10.2. The summed E-state index contributed by atoms with van der Waals surface area (Å²) in [4.78, 5) is 52.0. The number of hydrogen-bond donors (Lipinski definition) is 4. The Balaban J connectivity index is 1.65. The lowest BCUT2D eigenvalue weighted by Crippen LogP contribution is -2.76. The normalized spacial score (nSPS) is 37.9. The van der Waals surface area contributed by atoms with Crippen molar-refractivity contribution in [3.8, 4) is 0 Å². The predicted octanol–water partition coefficient (Wildman–Crippen LogP) is 3.25. The van der Waals surface area contributed by atoms with E-state index in [1.807, 2.05) is 20.8 Å². The number of carbonyl (C=O) groups is 4. The number of rotatable bonds is 11. The summed E-state index contributed by atoms with van der Waals surface area (Å²) >= 11 is 0. The number of amides is 1. The second-order valence-corrected chi connectivity index (χ2v) is 18.2. The van der Waals surface area contributed by atoms with Gasteiger partial charge in [-0.25, -0.2) is 9.59 Å². The van der Waals surface area contributed by atoms with E-state index in [0.29, 0.717) is 17.6 Å². The fourth-order valence-corrected chi connectivity index (χ4v) is 10.2. The highest BCUT2D eigenvalue weighted by Crippen LogP contribution is 2.70. The molecule has 0 aromatic carbocycles. The highest BCUT2D eigenvalue weighted by Gasteiger charge is 2.78. The summed E-state index contributed by atoms with van der Waals surface area (Å²) in [5.74, 6) is -3.15. The first-order chi connectivity index (χ1) is 25.3. The zero-order valence-corrected chi connectivity index (χ0v) is 34.0. The van der Waals surface area contributed by atoms with Crippen molar-refractivity contribution >= 4 is 24.0 Å². The van der Waals surface area contributed by atoms with Crippen LogP contribution in [0.15, 0.2) is 23.8 Å². The average Bonchev–Trinajstić information content (AvgIpc) is 3.30. The van der Waals surface area contributed by atoms with Crippen LogP contribution in [0.1, 0.15) is 95.4 Å². The maximum atomic E-state index is 13.9. The van der Waals surface area contributed by atoms with Gasteiger partial charge in [-0.3, -0.25) is 9.59 Å². The molecule has 5 unspecified atom stereocenters. The molecule has 1 amide bonds. The first-order valence-electron chi connectivity index (χ1n) is 19.2. The molecule has 15 nitrogen and oxygen atoms in total. The molecule has 15 heteroatoms. The Kier molecular flexibility index (Phi) is 11.8. The second kappa shape index (κ2) is 15.0. The van der Waals surface area contributed by atoms with Gasteiger partial charge in [0.1, 0.15) is 24.4 Å². The van der Waals surface area contributed by atoms with Crippen LogP contribution in [0.2, 0.25) is 0 Å². The largest absolute Gasteiger partial charge is 0.465 e. The molecule has 0 aromatic rings. The topological polar surface area (TPSA) is 206 Å². The molecule has 4 N–H and O–H groups in total. The van der Waals surface area contributed by atoms with E-state index in [2.05, 4.69) is 11.9 Å². The first-order valence-corrected chi connectivity index (χ1v) is 19.2. The molecule has 2 saturated heterocycles. The highest BCUT2D eigenvalue weighted by atomic mass is 16.7. The van der Waals surface area contributed by atoms with Crippen molar-refractivity contribution in [3.63, 3.8) is 0 Å². The van der Waals surface area contributed by atoms with Gasteiger partial charge in [-0.2, -0.15) is 0 Å². The highest BCUT2D eigenvalue weighted by molar-refractivity contribution is 5.77. The van der Waals surface area contributed by atoms with E-state index in [9.17, 15) is 34.5 Å². The zero-order chi connectivity index (χ0) is 41.2. The molecule has 0 spiro atoms. The molecular weight excluding hydrogens is 718 g/mol. The number of esters is 3. The maximum Gasteiger partial charge on any atom is 0.407 e.